The number of aryl methyl sites for hydroxylation is 1. The molecule has 0 bridgehead atoms. The van der Waals surface area contributed by atoms with Gasteiger partial charge in [0, 0.05) is 12.1 Å². The Morgan fingerprint density at radius 1 is 1.31 bits per heavy atom. The second-order valence-corrected chi connectivity index (χ2v) is 4.55. The van der Waals surface area contributed by atoms with Gasteiger partial charge in [0.15, 0.2) is 0 Å². The van der Waals surface area contributed by atoms with E-state index in [0.29, 0.717) is 17.7 Å². The van der Waals surface area contributed by atoms with Gasteiger partial charge < -0.3 is 10.3 Å². The molecule has 16 heavy (non-hydrogen) atoms. The molecule has 1 aromatic heterocycles. The van der Waals surface area contributed by atoms with Crippen LogP contribution in [-0.2, 0) is 0 Å². The zero-order valence-corrected chi connectivity index (χ0v) is 9.75. The van der Waals surface area contributed by atoms with Gasteiger partial charge in [-0.15, -0.1) is 0 Å². The van der Waals surface area contributed by atoms with E-state index in [0.717, 1.165) is 0 Å². The molecule has 1 heterocycles. The molecule has 0 atom stereocenters. The number of hydrogen-bond donors (Lipinski definition) is 2. The minimum atomic E-state index is -0.0800. The summed E-state index contributed by atoms with van der Waals surface area (Å²) >= 11 is 0. The van der Waals surface area contributed by atoms with Crippen LogP contribution in [0, 0.1) is 6.92 Å². The number of aromatic amines is 1. The van der Waals surface area contributed by atoms with Gasteiger partial charge in [0.1, 0.15) is 11.6 Å². The van der Waals surface area contributed by atoms with Gasteiger partial charge >= 0.3 is 0 Å². The molecule has 2 N–H and O–H groups in total. The summed E-state index contributed by atoms with van der Waals surface area (Å²) in [5.74, 6) is 1.39. The van der Waals surface area contributed by atoms with Gasteiger partial charge in [0.2, 0.25) is 0 Å². The quantitative estimate of drug-likeness (QED) is 0.753. The molecular weight excluding hydrogens is 202 g/mol. The Hall–Kier alpha value is -1.32. The van der Waals surface area contributed by atoms with Crippen molar-refractivity contribution in [3.8, 4) is 0 Å². The summed E-state index contributed by atoms with van der Waals surface area (Å²) in [6, 6.07) is 2.02. The van der Waals surface area contributed by atoms with Crippen molar-refractivity contribution in [1.82, 2.24) is 9.97 Å². The SMILES string of the molecule is Cc1nc(NC2CCCCCC2)cc(=O)[nH]1. The van der Waals surface area contributed by atoms with Crippen LogP contribution < -0.4 is 10.9 Å². The maximum Gasteiger partial charge on any atom is 0.252 e. The fourth-order valence-electron chi connectivity index (χ4n) is 2.29. The van der Waals surface area contributed by atoms with E-state index in [4.69, 9.17) is 0 Å². The number of hydrogen-bond acceptors (Lipinski definition) is 3. The lowest BCUT2D eigenvalue weighted by molar-refractivity contribution is 0.617. The van der Waals surface area contributed by atoms with Crippen molar-refractivity contribution in [1.29, 1.82) is 0 Å². The molecule has 4 nitrogen and oxygen atoms in total. The van der Waals surface area contributed by atoms with E-state index in [1.165, 1.54) is 44.6 Å². The van der Waals surface area contributed by atoms with Crippen LogP contribution in [0.1, 0.15) is 44.3 Å². The second kappa shape index (κ2) is 5.14. The van der Waals surface area contributed by atoms with E-state index in [2.05, 4.69) is 15.3 Å². The first-order valence-corrected chi connectivity index (χ1v) is 6.08. The molecule has 0 radical (unpaired) electrons. The zero-order chi connectivity index (χ0) is 11.4. The molecule has 1 aliphatic carbocycles. The third-order valence-corrected chi connectivity index (χ3v) is 3.07. The van der Waals surface area contributed by atoms with Gasteiger partial charge in [-0.05, 0) is 19.8 Å². The molecule has 0 saturated heterocycles. The molecule has 1 fully saturated rings. The smallest absolute Gasteiger partial charge is 0.252 e. The number of aromatic nitrogens is 2. The van der Waals surface area contributed by atoms with E-state index < -0.39 is 0 Å². The van der Waals surface area contributed by atoms with E-state index in [-0.39, 0.29) is 5.56 Å². The first kappa shape index (κ1) is 11.2. The van der Waals surface area contributed by atoms with Crippen LogP contribution in [0.2, 0.25) is 0 Å². The van der Waals surface area contributed by atoms with E-state index in [1.807, 2.05) is 0 Å². The first-order chi connectivity index (χ1) is 7.74. The average molecular weight is 221 g/mol. The predicted octanol–water partition coefficient (Wildman–Crippen LogP) is 2.21. The Morgan fingerprint density at radius 2 is 2.00 bits per heavy atom. The molecule has 1 aromatic rings. The van der Waals surface area contributed by atoms with Gasteiger partial charge in [0.05, 0.1) is 0 Å². The van der Waals surface area contributed by atoms with Gasteiger partial charge in [-0.3, -0.25) is 4.79 Å². The van der Waals surface area contributed by atoms with Crippen LogP contribution in [0.5, 0.6) is 0 Å². The topological polar surface area (TPSA) is 57.8 Å². The third kappa shape index (κ3) is 3.08. The standard InChI is InChI=1S/C12H19N3O/c1-9-13-11(8-12(16)14-9)15-10-6-4-2-3-5-7-10/h8,10H,2-7H2,1H3,(H2,13,14,15,16). The summed E-state index contributed by atoms with van der Waals surface area (Å²) in [4.78, 5) is 18.2. The van der Waals surface area contributed by atoms with E-state index in [1.54, 1.807) is 6.92 Å². The van der Waals surface area contributed by atoms with Crippen LogP contribution in [0.3, 0.4) is 0 Å². The van der Waals surface area contributed by atoms with Crippen LogP contribution in [-0.4, -0.2) is 16.0 Å². The number of rotatable bonds is 2. The number of nitrogens with one attached hydrogen (secondary N) is 2. The first-order valence-electron chi connectivity index (χ1n) is 6.08. The van der Waals surface area contributed by atoms with Gasteiger partial charge in [-0.25, -0.2) is 4.98 Å². The summed E-state index contributed by atoms with van der Waals surface area (Å²) < 4.78 is 0. The molecule has 0 unspecified atom stereocenters. The Morgan fingerprint density at radius 3 is 2.62 bits per heavy atom. The summed E-state index contributed by atoms with van der Waals surface area (Å²) in [5, 5.41) is 3.37. The minimum absolute atomic E-state index is 0.0800. The van der Waals surface area contributed by atoms with Crippen molar-refractivity contribution < 1.29 is 0 Å². The summed E-state index contributed by atoms with van der Waals surface area (Å²) in [5.41, 5.74) is -0.0800. The molecule has 0 aliphatic heterocycles. The summed E-state index contributed by atoms with van der Waals surface area (Å²) in [6.07, 6.45) is 7.60. The lowest BCUT2D eigenvalue weighted by Crippen LogP contribution is -2.21. The van der Waals surface area contributed by atoms with Crippen molar-refractivity contribution in [3.63, 3.8) is 0 Å². The highest BCUT2D eigenvalue weighted by Crippen LogP contribution is 2.19. The molecule has 2 rings (SSSR count). The van der Waals surface area contributed by atoms with Crippen molar-refractivity contribution in [2.45, 2.75) is 51.5 Å². The zero-order valence-electron chi connectivity index (χ0n) is 9.75. The van der Waals surface area contributed by atoms with Gasteiger partial charge in [-0.2, -0.15) is 0 Å². The van der Waals surface area contributed by atoms with E-state index >= 15 is 0 Å². The largest absolute Gasteiger partial charge is 0.367 e. The molecular formula is C12H19N3O. The third-order valence-electron chi connectivity index (χ3n) is 3.07. The van der Waals surface area contributed by atoms with Gasteiger partial charge in [-0.1, -0.05) is 25.7 Å². The van der Waals surface area contributed by atoms with Crippen LogP contribution in [0.4, 0.5) is 5.82 Å². The molecule has 0 amide bonds. The Labute approximate surface area is 95.5 Å². The Balaban J connectivity index is 2.04. The molecule has 0 aromatic carbocycles. The molecule has 4 heteroatoms. The van der Waals surface area contributed by atoms with Crippen molar-refractivity contribution in [2.75, 3.05) is 5.32 Å². The fraction of sp³-hybridized carbons (Fsp3) is 0.667. The molecule has 1 aliphatic rings. The molecule has 88 valence electrons. The van der Waals surface area contributed by atoms with Crippen LogP contribution >= 0.6 is 0 Å². The average Bonchev–Trinajstić information content (AvgIpc) is 2.44. The number of anilines is 1. The highest BCUT2D eigenvalue weighted by atomic mass is 16.1. The minimum Gasteiger partial charge on any atom is -0.367 e. The van der Waals surface area contributed by atoms with Crippen LogP contribution in [0.25, 0.3) is 0 Å². The van der Waals surface area contributed by atoms with Crippen molar-refractivity contribution in [2.24, 2.45) is 0 Å². The lowest BCUT2D eigenvalue weighted by Gasteiger charge is -2.16. The number of H-pyrrole nitrogens is 1. The highest BCUT2D eigenvalue weighted by Gasteiger charge is 2.12. The fourth-order valence-corrected chi connectivity index (χ4v) is 2.29. The molecule has 1 saturated carbocycles. The Kier molecular flexibility index (Phi) is 3.59. The van der Waals surface area contributed by atoms with Crippen molar-refractivity contribution in [3.05, 3.63) is 22.2 Å². The summed E-state index contributed by atoms with van der Waals surface area (Å²) in [6.45, 7) is 1.81. The van der Waals surface area contributed by atoms with Crippen molar-refractivity contribution >= 4 is 5.82 Å². The monoisotopic (exact) mass is 221 g/mol. The normalized spacial score (nSPS) is 18.1. The lowest BCUT2D eigenvalue weighted by atomic mass is 10.1. The summed E-state index contributed by atoms with van der Waals surface area (Å²) in [7, 11) is 0. The highest BCUT2D eigenvalue weighted by molar-refractivity contribution is 5.34. The maximum atomic E-state index is 11.3. The second-order valence-electron chi connectivity index (χ2n) is 4.55. The van der Waals surface area contributed by atoms with E-state index in [9.17, 15) is 4.79 Å². The molecule has 0 spiro atoms. The van der Waals surface area contributed by atoms with Gasteiger partial charge in [0.25, 0.3) is 5.56 Å². The van der Waals surface area contributed by atoms with Crippen LogP contribution in [0.15, 0.2) is 10.9 Å². The predicted molar refractivity (Wildman–Crippen MR) is 64.7 cm³/mol. The number of nitrogens with zero attached hydrogens (tertiary/aromatic N) is 1. The maximum absolute atomic E-state index is 11.3. The Bertz CT molecular complexity index is 391.